The van der Waals surface area contributed by atoms with Gasteiger partial charge in [-0.2, -0.15) is 0 Å². The fourth-order valence-electron chi connectivity index (χ4n) is 2.05. The molecule has 0 spiro atoms. The summed E-state index contributed by atoms with van der Waals surface area (Å²) in [6.07, 6.45) is 4.19. The van der Waals surface area contributed by atoms with Gasteiger partial charge in [0.1, 0.15) is 5.69 Å². The van der Waals surface area contributed by atoms with Gasteiger partial charge in [0, 0.05) is 32.1 Å². The van der Waals surface area contributed by atoms with Crippen LogP contribution in [0.3, 0.4) is 0 Å². The second kappa shape index (κ2) is 7.96. The number of carbonyl (C=O) groups is 2. The van der Waals surface area contributed by atoms with E-state index in [1.165, 1.54) is 25.4 Å². The Balaban J connectivity index is 2.11. The standard InChI is InChI=1S/C18H19N3O4/c1-21(2)14-7-4-12(5-8-14)6-9-16(22)20-15-10-13(18(23)24)11-19-17(15)25-3/h4-11H,1-3H3,(H,20,22)(H,23,24)/b9-6+. The molecule has 2 rings (SSSR count). The van der Waals surface area contributed by atoms with Gasteiger partial charge in [0.15, 0.2) is 0 Å². The number of carboxylic acids is 1. The molecule has 1 amide bonds. The molecular formula is C18H19N3O4. The van der Waals surface area contributed by atoms with E-state index < -0.39 is 11.9 Å². The van der Waals surface area contributed by atoms with E-state index in [2.05, 4.69) is 10.3 Å². The number of amides is 1. The van der Waals surface area contributed by atoms with Gasteiger partial charge in [0.05, 0.1) is 12.7 Å². The third kappa shape index (κ3) is 4.81. The zero-order valence-electron chi connectivity index (χ0n) is 14.2. The highest BCUT2D eigenvalue weighted by Gasteiger charge is 2.12. The fraction of sp³-hybridized carbons (Fsp3) is 0.167. The van der Waals surface area contributed by atoms with Gasteiger partial charge < -0.3 is 20.1 Å². The molecule has 0 saturated carbocycles. The number of benzene rings is 1. The van der Waals surface area contributed by atoms with Gasteiger partial charge in [-0.05, 0) is 29.8 Å². The van der Waals surface area contributed by atoms with Crippen LogP contribution in [0.2, 0.25) is 0 Å². The van der Waals surface area contributed by atoms with E-state index in [9.17, 15) is 9.59 Å². The van der Waals surface area contributed by atoms with Crippen molar-refractivity contribution < 1.29 is 19.4 Å². The van der Waals surface area contributed by atoms with Crippen molar-refractivity contribution in [2.75, 3.05) is 31.4 Å². The zero-order chi connectivity index (χ0) is 18.4. The average Bonchev–Trinajstić information content (AvgIpc) is 2.60. The molecule has 25 heavy (non-hydrogen) atoms. The Morgan fingerprint density at radius 3 is 2.48 bits per heavy atom. The molecule has 1 aromatic heterocycles. The minimum atomic E-state index is -1.14. The molecule has 0 unspecified atom stereocenters. The lowest BCUT2D eigenvalue weighted by Crippen LogP contribution is -2.11. The van der Waals surface area contributed by atoms with Gasteiger partial charge in [-0.15, -0.1) is 0 Å². The lowest BCUT2D eigenvalue weighted by Gasteiger charge is -2.11. The van der Waals surface area contributed by atoms with Crippen molar-refractivity contribution in [1.82, 2.24) is 4.98 Å². The molecule has 0 radical (unpaired) electrons. The molecule has 1 heterocycles. The number of ether oxygens (including phenoxy) is 1. The summed E-state index contributed by atoms with van der Waals surface area (Å²) in [6, 6.07) is 8.98. The van der Waals surface area contributed by atoms with E-state index in [4.69, 9.17) is 9.84 Å². The number of nitrogens with zero attached hydrogens (tertiary/aromatic N) is 2. The van der Waals surface area contributed by atoms with Crippen LogP contribution in [0, 0.1) is 0 Å². The van der Waals surface area contributed by atoms with E-state index in [0.717, 1.165) is 11.3 Å². The quantitative estimate of drug-likeness (QED) is 0.785. The monoisotopic (exact) mass is 341 g/mol. The number of carboxylic acid groups (broad SMARTS) is 1. The Morgan fingerprint density at radius 1 is 1.24 bits per heavy atom. The molecule has 130 valence electrons. The highest BCUT2D eigenvalue weighted by atomic mass is 16.5. The largest absolute Gasteiger partial charge is 0.480 e. The van der Waals surface area contributed by atoms with Crippen molar-refractivity contribution >= 4 is 29.3 Å². The molecule has 0 aliphatic rings. The van der Waals surface area contributed by atoms with E-state index in [-0.39, 0.29) is 17.1 Å². The van der Waals surface area contributed by atoms with Crippen molar-refractivity contribution in [3.8, 4) is 5.88 Å². The fourth-order valence-corrected chi connectivity index (χ4v) is 2.05. The maximum atomic E-state index is 12.1. The van der Waals surface area contributed by atoms with E-state index in [0.29, 0.717) is 0 Å². The second-order valence-electron chi connectivity index (χ2n) is 5.39. The van der Waals surface area contributed by atoms with E-state index in [1.54, 1.807) is 6.08 Å². The first kappa shape index (κ1) is 18.0. The van der Waals surface area contributed by atoms with Crippen LogP contribution in [0.1, 0.15) is 15.9 Å². The maximum Gasteiger partial charge on any atom is 0.337 e. The van der Waals surface area contributed by atoms with Crippen LogP contribution in [-0.2, 0) is 4.79 Å². The second-order valence-corrected chi connectivity index (χ2v) is 5.39. The zero-order valence-corrected chi connectivity index (χ0v) is 14.2. The lowest BCUT2D eigenvalue weighted by atomic mass is 10.2. The van der Waals surface area contributed by atoms with Crippen LogP contribution in [-0.4, -0.2) is 43.2 Å². The number of aromatic carboxylic acids is 1. The summed E-state index contributed by atoms with van der Waals surface area (Å²) < 4.78 is 5.03. The first-order valence-corrected chi connectivity index (χ1v) is 7.44. The Bertz CT molecular complexity index is 798. The van der Waals surface area contributed by atoms with Crippen LogP contribution < -0.4 is 15.0 Å². The summed E-state index contributed by atoms with van der Waals surface area (Å²) in [6.45, 7) is 0. The lowest BCUT2D eigenvalue weighted by molar-refractivity contribution is -0.111. The summed E-state index contributed by atoms with van der Waals surface area (Å²) in [4.78, 5) is 28.9. The molecule has 0 aliphatic carbocycles. The molecule has 0 bridgehead atoms. The van der Waals surface area contributed by atoms with Crippen LogP contribution in [0.15, 0.2) is 42.6 Å². The number of pyridine rings is 1. The number of aromatic nitrogens is 1. The predicted molar refractivity (Wildman–Crippen MR) is 96.2 cm³/mol. The number of methoxy groups -OCH3 is 1. The van der Waals surface area contributed by atoms with Crippen molar-refractivity contribution in [2.45, 2.75) is 0 Å². The van der Waals surface area contributed by atoms with Gasteiger partial charge >= 0.3 is 5.97 Å². The van der Waals surface area contributed by atoms with Crippen molar-refractivity contribution in [3.05, 3.63) is 53.7 Å². The summed E-state index contributed by atoms with van der Waals surface area (Å²) in [5.74, 6) is -1.41. The summed E-state index contributed by atoms with van der Waals surface area (Å²) in [7, 11) is 5.29. The average molecular weight is 341 g/mol. The first-order valence-electron chi connectivity index (χ1n) is 7.44. The normalized spacial score (nSPS) is 10.5. The van der Waals surface area contributed by atoms with Gasteiger partial charge in [-0.1, -0.05) is 12.1 Å². The number of carbonyl (C=O) groups excluding carboxylic acids is 1. The van der Waals surface area contributed by atoms with Crippen molar-refractivity contribution in [2.24, 2.45) is 0 Å². The number of nitrogens with one attached hydrogen (secondary N) is 1. The third-order valence-electron chi connectivity index (χ3n) is 3.39. The Morgan fingerprint density at radius 2 is 1.92 bits per heavy atom. The SMILES string of the molecule is COc1ncc(C(=O)O)cc1NC(=O)/C=C/c1ccc(N(C)C)cc1. The van der Waals surface area contributed by atoms with Gasteiger partial charge in [0.25, 0.3) is 0 Å². The molecule has 7 nitrogen and oxygen atoms in total. The number of anilines is 2. The summed E-state index contributed by atoms with van der Waals surface area (Å²) in [5, 5.41) is 11.6. The smallest absolute Gasteiger partial charge is 0.337 e. The molecule has 2 aromatic rings. The van der Waals surface area contributed by atoms with Gasteiger partial charge in [0.2, 0.25) is 11.8 Å². The highest BCUT2D eigenvalue weighted by molar-refractivity contribution is 6.03. The minimum Gasteiger partial charge on any atom is -0.480 e. The summed E-state index contributed by atoms with van der Waals surface area (Å²) in [5.41, 5.74) is 2.08. The molecule has 0 atom stereocenters. The Kier molecular flexibility index (Phi) is 5.73. The van der Waals surface area contributed by atoms with Crippen LogP contribution in [0.4, 0.5) is 11.4 Å². The first-order chi connectivity index (χ1) is 11.9. The molecule has 1 aromatic carbocycles. The minimum absolute atomic E-state index is 0.0423. The third-order valence-corrected chi connectivity index (χ3v) is 3.39. The topological polar surface area (TPSA) is 91.8 Å². The number of hydrogen-bond acceptors (Lipinski definition) is 5. The van der Waals surface area contributed by atoms with Gasteiger partial charge in [-0.3, -0.25) is 4.79 Å². The van der Waals surface area contributed by atoms with E-state index in [1.807, 2.05) is 43.3 Å². The molecular weight excluding hydrogens is 322 g/mol. The molecule has 0 aliphatic heterocycles. The van der Waals surface area contributed by atoms with Crippen LogP contribution in [0.25, 0.3) is 6.08 Å². The molecule has 2 N–H and O–H groups in total. The maximum absolute atomic E-state index is 12.1. The Labute approximate surface area is 145 Å². The van der Waals surface area contributed by atoms with Crippen LogP contribution in [0.5, 0.6) is 5.88 Å². The number of hydrogen-bond donors (Lipinski definition) is 2. The van der Waals surface area contributed by atoms with Crippen LogP contribution >= 0.6 is 0 Å². The number of rotatable bonds is 6. The van der Waals surface area contributed by atoms with Crippen molar-refractivity contribution in [3.63, 3.8) is 0 Å². The Hall–Kier alpha value is -3.35. The molecule has 0 saturated heterocycles. The summed E-state index contributed by atoms with van der Waals surface area (Å²) >= 11 is 0. The van der Waals surface area contributed by atoms with E-state index >= 15 is 0 Å². The predicted octanol–water partition coefficient (Wildman–Crippen LogP) is 2.51. The highest BCUT2D eigenvalue weighted by Crippen LogP contribution is 2.22. The van der Waals surface area contributed by atoms with Crippen molar-refractivity contribution in [1.29, 1.82) is 0 Å². The molecule has 7 heteroatoms. The molecule has 0 fully saturated rings. The van der Waals surface area contributed by atoms with Gasteiger partial charge in [-0.25, -0.2) is 9.78 Å².